The lowest BCUT2D eigenvalue weighted by atomic mass is 10.1. The zero-order valence-electron chi connectivity index (χ0n) is 11.3. The van der Waals surface area contributed by atoms with Gasteiger partial charge in [-0.1, -0.05) is 12.1 Å². The van der Waals surface area contributed by atoms with Crippen LogP contribution in [-0.4, -0.2) is 19.0 Å². The second-order valence-electron chi connectivity index (χ2n) is 4.30. The normalized spacial score (nSPS) is 10.0. The molecule has 0 fully saturated rings. The summed E-state index contributed by atoms with van der Waals surface area (Å²) in [5.41, 5.74) is 0.897. The van der Waals surface area contributed by atoms with Crippen molar-refractivity contribution in [3.63, 3.8) is 0 Å². The molecule has 2 rings (SSSR count). The number of carbonyl (C=O) groups excluding carboxylic acids is 2. The molecule has 0 N–H and O–H groups in total. The SMILES string of the molecule is COC(=O)c1ccc(OC(=O)Cc2cccc(F)c2)cc1. The van der Waals surface area contributed by atoms with Gasteiger partial charge in [0.15, 0.2) is 0 Å². The molecule has 5 heteroatoms. The molecule has 0 unspecified atom stereocenters. The van der Waals surface area contributed by atoms with Crippen molar-refractivity contribution in [2.24, 2.45) is 0 Å². The first-order valence-corrected chi connectivity index (χ1v) is 6.22. The third-order valence-electron chi connectivity index (χ3n) is 2.74. The molecular weight excluding hydrogens is 275 g/mol. The molecule has 21 heavy (non-hydrogen) atoms. The van der Waals surface area contributed by atoms with Gasteiger partial charge in [-0.3, -0.25) is 4.79 Å². The third-order valence-corrected chi connectivity index (χ3v) is 2.74. The van der Waals surface area contributed by atoms with Gasteiger partial charge < -0.3 is 9.47 Å². The summed E-state index contributed by atoms with van der Waals surface area (Å²) < 4.78 is 22.7. The van der Waals surface area contributed by atoms with Crippen molar-refractivity contribution >= 4 is 11.9 Å². The Balaban J connectivity index is 1.98. The number of rotatable bonds is 4. The molecule has 0 atom stereocenters. The Kier molecular flexibility index (Phi) is 4.66. The van der Waals surface area contributed by atoms with Gasteiger partial charge in [0.25, 0.3) is 0 Å². The summed E-state index contributed by atoms with van der Waals surface area (Å²) in [6.45, 7) is 0. The first kappa shape index (κ1) is 14.7. The van der Waals surface area contributed by atoms with E-state index < -0.39 is 17.8 Å². The summed E-state index contributed by atoms with van der Waals surface area (Å²) in [5, 5.41) is 0. The van der Waals surface area contributed by atoms with Crippen LogP contribution in [0.1, 0.15) is 15.9 Å². The summed E-state index contributed by atoms with van der Waals surface area (Å²) in [6.07, 6.45) is -0.0312. The Morgan fingerprint density at radius 1 is 1.10 bits per heavy atom. The molecule has 2 aromatic rings. The van der Waals surface area contributed by atoms with Crippen molar-refractivity contribution in [3.05, 3.63) is 65.5 Å². The minimum absolute atomic E-state index is 0.0312. The number of hydrogen-bond donors (Lipinski definition) is 0. The van der Waals surface area contributed by atoms with E-state index in [4.69, 9.17) is 4.74 Å². The van der Waals surface area contributed by atoms with Crippen LogP contribution in [0.2, 0.25) is 0 Å². The summed E-state index contributed by atoms with van der Waals surface area (Å²) in [7, 11) is 1.29. The maximum Gasteiger partial charge on any atom is 0.337 e. The Morgan fingerprint density at radius 3 is 2.43 bits per heavy atom. The monoisotopic (exact) mass is 288 g/mol. The molecule has 0 aliphatic carbocycles. The molecule has 2 aromatic carbocycles. The topological polar surface area (TPSA) is 52.6 Å². The second-order valence-corrected chi connectivity index (χ2v) is 4.30. The van der Waals surface area contributed by atoms with E-state index >= 15 is 0 Å². The number of ether oxygens (including phenoxy) is 2. The van der Waals surface area contributed by atoms with E-state index in [1.165, 1.54) is 49.6 Å². The maximum atomic E-state index is 13.0. The van der Waals surface area contributed by atoms with Gasteiger partial charge in [0.1, 0.15) is 11.6 Å². The van der Waals surface area contributed by atoms with E-state index in [-0.39, 0.29) is 6.42 Å². The molecular formula is C16H13FO4. The molecule has 0 spiro atoms. The molecule has 0 bridgehead atoms. The van der Waals surface area contributed by atoms with Crippen LogP contribution >= 0.6 is 0 Å². The maximum absolute atomic E-state index is 13.0. The van der Waals surface area contributed by atoms with Crippen LogP contribution < -0.4 is 4.74 Å². The Morgan fingerprint density at radius 2 is 1.81 bits per heavy atom. The van der Waals surface area contributed by atoms with Gasteiger partial charge in [-0.15, -0.1) is 0 Å². The van der Waals surface area contributed by atoms with Crippen LogP contribution in [-0.2, 0) is 16.0 Å². The Hall–Kier alpha value is -2.69. The summed E-state index contributed by atoms with van der Waals surface area (Å²) in [4.78, 5) is 23.0. The second kappa shape index (κ2) is 6.65. The van der Waals surface area contributed by atoms with Gasteiger partial charge in [0, 0.05) is 0 Å². The van der Waals surface area contributed by atoms with Gasteiger partial charge in [0.05, 0.1) is 19.1 Å². The highest BCUT2D eigenvalue weighted by Gasteiger charge is 2.09. The van der Waals surface area contributed by atoms with Crippen molar-refractivity contribution in [1.29, 1.82) is 0 Å². The highest BCUT2D eigenvalue weighted by atomic mass is 19.1. The summed E-state index contributed by atoms with van der Waals surface area (Å²) >= 11 is 0. The highest BCUT2D eigenvalue weighted by molar-refractivity contribution is 5.89. The van der Waals surface area contributed by atoms with E-state index in [1.807, 2.05) is 0 Å². The summed E-state index contributed by atoms with van der Waals surface area (Å²) in [6, 6.07) is 11.7. The average molecular weight is 288 g/mol. The van der Waals surface area contributed by atoms with E-state index in [1.54, 1.807) is 6.07 Å². The highest BCUT2D eigenvalue weighted by Crippen LogP contribution is 2.14. The van der Waals surface area contributed by atoms with Crippen molar-refractivity contribution in [3.8, 4) is 5.75 Å². The number of halogens is 1. The fourth-order valence-corrected chi connectivity index (χ4v) is 1.76. The molecule has 0 heterocycles. The minimum Gasteiger partial charge on any atom is -0.465 e. The first-order chi connectivity index (χ1) is 10.1. The lowest BCUT2D eigenvalue weighted by Gasteiger charge is -2.05. The van der Waals surface area contributed by atoms with Gasteiger partial charge in [-0.25, -0.2) is 9.18 Å². The molecule has 0 aliphatic heterocycles. The van der Waals surface area contributed by atoms with Crippen molar-refractivity contribution in [2.45, 2.75) is 6.42 Å². The van der Waals surface area contributed by atoms with E-state index in [2.05, 4.69) is 4.74 Å². The molecule has 0 saturated heterocycles. The first-order valence-electron chi connectivity index (χ1n) is 6.22. The van der Waals surface area contributed by atoms with E-state index in [0.717, 1.165) is 0 Å². The van der Waals surface area contributed by atoms with Gasteiger partial charge in [-0.2, -0.15) is 0 Å². The standard InChI is InChI=1S/C16H13FO4/c1-20-16(19)12-5-7-14(8-6-12)21-15(18)10-11-3-2-4-13(17)9-11/h2-9H,10H2,1H3. The zero-order valence-corrected chi connectivity index (χ0v) is 11.3. The smallest absolute Gasteiger partial charge is 0.337 e. The molecule has 0 saturated carbocycles. The van der Waals surface area contributed by atoms with Crippen LogP contribution in [0.15, 0.2) is 48.5 Å². The number of carbonyl (C=O) groups is 2. The van der Waals surface area contributed by atoms with E-state index in [0.29, 0.717) is 16.9 Å². The quantitative estimate of drug-likeness (QED) is 0.641. The number of esters is 2. The van der Waals surface area contributed by atoms with Gasteiger partial charge in [-0.05, 0) is 42.0 Å². The summed E-state index contributed by atoms with van der Waals surface area (Å²) in [5.74, 6) is -1.06. The fraction of sp³-hybridized carbons (Fsp3) is 0.125. The fourth-order valence-electron chi connectivity index (χ4n) is 1.76. The lowest BCUT2D eigenvalue weighted by molar-refractivity contribution is -0.133. The molecule has 0 aromatic heterocycles. The van der Waals surface area contributed by atoms with E-state index in [9.17, 15) is 14.0 Å². The Labute approximate surface area is 121 Å². The number of hydrogen-bond acceptors (Lipinski definition) is 4. The predicted molar refractivity (Wildman–Crippen MR) is 73.5 cm³/mol. The molecule has 4 nitrogen and oxygen atoms in total. The third kappa shape index (κ3) is 4.14. The van der Waals surface area contributed by atoms with Gasteiger partial charge >= 0.3 is 11.9 Å². The van der Waals surface area contributed by atoms with Crippen LogP contribution in [0.4, 0.5) is 4.39 Å². The molecule has 0 radical (unpaired) electrons. The largest absolute Gasteiger partial charge is 0.465 e. The number of methoxy groups -OCH3 is 1. The lowest BCUT2D eigenvalue weighted by Crippen LogP contribution is -2.11. The average Bonchev–Trinajstić information content (AvgIpc) is 2.47. The van der Waals surface area contributed by atoms with Gasteiger partial charge in [0.2, 0.25) is 0 Å². The molecule has 108 valence electrons. The molecule has 0 aliphatic rings. The Bertz CT molecular complexity index is 650. The van der Waals surface area contributed by atoms with Crippen molar-refractivity contribution < 1.29 is 23.5 Å². The van der Waals surface area contributed by atoms with Crippen molar-refractivity contribution in [1.82, 2.24) is 0 Å². The predicted octanol–water partition coefficient (Wildman–Crippen LogP) is 2.76. The number of benzene rings is 2. The molecule has 0 amide bonds. The van der Waals surface area contributed by atoms with Crippen molar-refractivity contribution in [2.75, 3.05) is 7.11 Å². The minimum atomic E-state index is -0.508. The van der Waals surface area contributed by atoms with Crippen LogP contribution in [0.3, 0.4) is 0 Å². The van der Waals surface area contributed by atoms with Crippen LogP contribution in [0.25, 0.3) is 0 Å². The van der Waals surface area contributed by atoms with Crippen LogP contribution in [0.5, 0.6) is 5.75 Å². The zero-order chi connectivity index (χ0) is 15.2. The van der Waals surface area contributed by atoms with Crippen LogP contribution in [0, 0.1) is 5.82 Å².